The van der Waals surface area contributed by atoms with Gasteiger partial charge in [-0.2, -0.15) is 0 Å². The second kappa shape index (κ2) is 7.83. The molecule has 0 bridgehead atoms. The average molecular weight is 362 g/mol. The molecule has 3 rings (SSSR count). The number of hydrogen-bond acceptors (Lipinski definition) is 3. The minimum absolute atomic E-state index is 0.0771. The van der Waals surface area contributed by atoms with Gasteiger partial charge in [-0.1, -0.05) is 24.6 Å². The van der Waals surface area contributed by atoms with E-state index in [9.17, 15) is 9.18 Å². The lowest BCUT2D eigenvalue weighted by molar-refractivity contribution is 0.102. The molecule has 1 N–H and O–H groups in total. The third-order valence-corrected chi connectivity index (χ3v) is 4.92. The van der Waals surface area contributed by atoms with Crippen molar-refractivity contribution in [2.45, 2.75) is 38.6 Å². The van der Waals surface area contributed by atoms with Gasteiger partial charge in [-0.15, -0.1) is 0 Å². The number of pyridine rings is 1. The van der Waals surface area contributed by atoms with Crippen LogP contribution in [0.2, 0.25) is 5.02 Å². The van der Waals surface area contributed by atoms with Gasteiger partial charge >= 0.3 is 0 Å². The third-order valence-electron chi connectivity index (χ3n) is 4.61. The SMILES string of the molecule is CCC1CCCCN1c1ccc(NC(=O)c2c(F)cccc2Cl)nc1. The zero-order valence-electron chi connectivity index (χ0n) is 14.1. The molecule has 1 aliphatic rings. The Bertz CT molecular complexity index is 731. The summed E-state index contributed by atoms with van der Waals surface area (Å²) in [4.78, 5) is 18.9. The van der Waals surface area contributed by atoms with E-state index in [0.717, 1.165) is 18.7 Å². The number of carbonyl (C=O) groups excluding carboxylic acids is 1. The van der Waals surface area contributed by atoms with Crippen molar-refractivity contribution < 1.29 is 9.18 Å². The highest BCUT2D eigenvalue weighted by molar-refractivity contribution is 6.34. The Morgan fingerprint density at radius 1 is 1.36 bits per heavy atom. The zero-order chi connectivity index (χ0) is 17.8. The second-order valence-electron chi connectivity index (χ2n) is 6.20. The minimum atomic E-state index is -0.652. The Morgan fingerprint density at radius 2 is 2.20 bits per heavy atom. The first-order chi connectivity index (χ1) is 12.1. The van der Waals surface area contributed by atoms with Crippen molar-refractivity contribution in [3.05, 3.63) is 52.9 Å². The number of aromatic nitrogens is 1. The van der Waals surface area contributed by atoms with Crippen LogP contribution in [0.15, 0.2) is 36.5 Å². The van der Waals surface area contributed by atoms with E-state index in [1.807, 2.05) is 6.07 Å². The summed E-state index contributed by atoms with van der Waals surface area (Å²) in [5, 5.41) is 2.68. The second-order valence-corrected chi connectivity index (χ2v) is 6.61. The van der Waals surface area contributed by atoms with Gasteiger partial charge in [0.1, 0.15) is 11.6 Å². The lowest BCUT2D eigenvalue weighted by Crippen LogP contribution is -2.39. The molecule has 132 valence electrons. The van der Waals surface area contributed by atoms with E-state index in [4.69, 9.17) is 11.6 Å². The van der Waals surface area contributed by atoms with Crippen molar-refractivity contribution in [3.8, 4) is 0 Å². The van der Waals surface area contributed by atoms with Crippen molar-refractivity contribution in [1.82, 2.24) is 4.98 Å². The first-order valence-electron chi connectivity index (χ1n) is 8.58. The highest BCUT2D eigenvalue weighted by Gasteiger charge is 2.21. The van der Waals surface area contributed by atoms with Crippen molar-refractivity contribution in [1.29, 1.82) is 0 Å². The molecule has 6 heteroatoms. The van der Waals surface area contributed by atoms with Gasteiger partial charge in [-0.25, -0.2) is 9.37 Å². The molecule has 1 aromatic carbocycles. The molecular weight excluding hydrogens is 341 g/mol. The molecule has 0 radical (unpaired) electrons. The first-order valence-corrected chi connectivity index (χ1v) is 8.96. The first kappa shape index (κ1) is 17.7. The van der Waals surface area contributed by atoms with Gasteiger partial charge in [0.25, 0.3) is 5.91 Å². The van der Waals surface area contributed by atoms with Crippen LogP contribution in [0, 0.1) is 5.82 Å². The molecule has 4 nitrogen and oxygen atoms in total. The molecule has 1 aliphatic heterocycles. The fourth-order valence-electron chi connectivity index (χ4n) is 3.29. The molecule has 2 heterocycles. The maximum Gasteiger partial charge on any atom is 0.261 e. The maximum absolute atomic E-state index is 13.8. The van der Waals surface area contributed by atoms with E-state index in [-0.39, 0.29) is 10.6 Å². The lowest BCUT2D eigenvalue weighted by atomic mass is 9.99. The summed E-state index contributed by atoms with van der Waals surface area (Å²) in [6.45, 7) is 3.22. The van der Waals surface area contributed by atoms with Gasteiger partial charge in [0.15, 0.2) is 0 Å². The fraction of sp³-hybridized carbons (Fsp3) is 0.368. The van der Waals surface area contributed by atoms with Crippen LogP contribution in [-0.4, -0.2) is 23.5 Å². The maximum atomic E-state index is 13.8. The Labute approximate surface area is 152 Å². The number of amides is 1. The van der Waals surface area contributed by atoms with Crippen LogP contribution in [0.1, 0.15) is 43.0 Å². The van der Waals surface area contributed by atoms with Crippen LogP contribution in [-0.2, 0) is 0 Å². The monoisotopic (exact) mass is 361 g/mol. The van der Waals surface area contributed by atoms with Gasteiger partial charge in [-0.05, 0) is 49.9 Å². The number of carbonyl (C=O) groups is 1. The number of benzene rings is 1. The summed E-state index contributed by atoms with van der Waals surface area (Å²) in [7, 11) is 0. The Kier molecular flexibility index (Phi) is 5.53. The Morgan fingerprint density at radius 3 is 2.88 bits per heavy atom. The summed E-state index contributed by atoms with van der Waals surface area (Å²) in [5.74, 6) is -0.883. The van der Waals surface area contributed by atoms with E-state index in [2.05, 4.69) is 22.1 Å². The van der Waals surface area contributed by atoms with Gasteiger partial charge in [-0.3, -0.25) is 4.79 Å². The highest BCUT2D eigenvalue weighted by Crippen LogP contribution is 2.27. The van der Waals surface area contributed by atoms with Crippen LogP contribution in [0.3, 0.4) is 0 Å². The van der Waals surface area contributed by atoms with Crippen LogP contribution < -0.4 is 10.2 Å². The van der Waals surface area contributed by atoms with Crippen molar-refractivity contribution in [3.63, 3.8) is 0 Å². The van der Waals surface area contributed by atoms with Gasteiger partial charge in [0, 0.05) is 12.6 Å². The number of halogens is 2. The van der Waals surface area contributed by atoms with Gasteiger partial charge < -0.3 is 10.2 Å². The smallest absolute Gasteiger partial charge is 0.261 e. The van der Waals surface area contributed by atoms with E-state index in [0.29, 0.717) is 11.9 Å². The topological polar surface area (TPSA) is 45.2 Å². The molecule has 25 heavy (non-hydrogen) atoms. The molecule has 1 fully saturated rings. The molecule has 1 amide bonds. The van der Waals surface area contributed by atoms with Crippen molar-refractivity contribution in [2.24, 2.45) is 0 Å². The Balaban J connectivity index is 1.73. The van der Waals surface area contributed by atoms with E-state index in [1.165, 1.54) is 37.5 Å². The summed E-state index contributed by atoms with van der Waals surface area (Å²) in [6.07, 6.45) is 6.50. The van der Waals surface area contributed by atoms with Crippen LogP contribution >= 0.6 is 11.6 Å². The standard InChI is InChI=1S/C19H21ClFN3O/c1-2-13-6-3-4-11-24(13)14-9-10-17(22-12-14)23-19(25)18-15(20)7-5-8-16(18)21/h5,7-10,12-13H,2-4,6,11H2,1H3,(H,22,23,25). The number of hydrogen-bond donors (Lipinski definition) is 1. The number of anilines is 2. The van der Waals surface area contributed by atoms with Gasteiger partial charge in [0.05, 0.1) is 22.5 Å². The summed E-state index contributed by atoms with van der Waals surface area (Å²) < 4.78 is 13.8. The average Bonchev–Trinajstić information content (AvgIpc) is 2.62. The molecule has 1 atom stereocenters. The molecule has 1 aromatic heterocycles. The number of nitrogens with zero attached hydrogens (tertiary/aromatic N) is 2. The lowest BCUT2D eigenvalue weighted by Gasteiger charge is -2.37. The highest BCUT2D eigenvalue weighted by atomic mass is 35.5. The van der Waals surface area contributed by atoms with Gasteiger partial charge in [0.2, 0.25) is 0 Å². The minimum Gasteiger partial charge on any atom is -0.367 e. The molecule has 1 saturated heterocycles. The molecule has 2 aromatic rings. The zero-order valence-corrected chi connectivity index (χ0v) is 14.9. The van der Waals surface area contributed by atoms with Crippen LogP contribution in [0.5, 0.6) is 0 Å². The van der Waals surface area contributed by atoms with E-state index < -0.39 is 11.7 Å². The molecule has 0 spiro atoms. The van der Waals surface area contributed by atoms with E-state index in [1.54, 1.807) is 12.3 Å². The number of rotatable bonds is 4. The van der Waals surface area contributed by atoms with Crippen molar-refractivity contribution in [2.75, 3.05) is 16.8 Å². The Hall–Kier alpha value is -2.14. The van der Waals surface area contributed by atoms with Crippen LogP contribution in [0.4, 0.5) is 15.9 Å². The number of nitrogens with one attached hydrogen (secondary N) is 1. The van der Waals surface area contributed by atoms with Crippen LogP contribution in [0.25, 0.3) is 0 Å². The molecule has 1 unspecified atom stereocenters. The largest absolute Gasteiger partial charge is 0.367 e. The predicted octanol–water partition coefficient (Wildman–Crippen LogP) is 4.90. The third kappa shape index (κ3) is 3.93. The van der Waals surface area contributed by atoms with Crippen molar-refractivity contribution >= 4 is 29.0 Å². The molecule has 0 aliphatic carbocycles. The summed E-state index contributed by atoms with van der Waals surface area (Å²) in [6, 6.07) is 8.37. The fourth-order valence-corrected chi connectivity index (χ4v) is 3.54. The summed E-state index contributed by atoms with van der Waals surface area (Å²) >= 11 is 5.92. The number of piperidine rings is 1. The normalized spacial score (nSPS) is 17.4. The predicted molar refractivity (Wildman–Crippen MR) is 98.9 cm³/mol. The molecule has 0 saturated carbocycles. The summed E-state index contributed by atoms with van der Waals surface area (Å²) in [5.41, 5.74) is 0.880. The quantitative estimate of drug-likeness (QED) is 0.842. The molecular formula is C19H21ClFN3O. The van der Waals surface area contributed by atoms with E-state index >= 15 is 0 Å².